The van der Waals surface area contributed by atoms with Gasteiger partial charge in [-0.25, -0.2) is 4.98 Å². The second-order valence-corrected chi connectivity index (χ2v) is 6.87. The van der Waals surface area contributed by atoms with Gasteiger partial charge < -0.3 is 14.8 Å². The highest BCUT2D eigenvalue weighted by Gasteiger charge is 2.22. The molecule has 0 bridgehead atoms. The Hall–Kier alpha value is -2.31. The van der Waals surface area contributed by atoms with E-state index in [1.807, 2.05) is 18.2 Å². The molecule has 1 aliphatic heterocycles. The molecule has 1 aromatic carbocycles. The minimum atomic E-state index is -0.153. The Balaban J connectivity index is 1.62. The van der Waals surface area contributed by atoms with Gasteiger partial charge in [-0.2, -0.15) is 0 Å². The lowest BCUT2D eigenvalue weighted by atomic mass is 10.2. The van der Waals surface area contributed by atoms with E-state index in [2.05, 4.69) is 22.1 Å². The highest BCUT2D eigenvalue weighted by molar-refractivity contribution is 6.29. The molecule has 1 amide bonds. The van der Waals surface area contributed by atoms with E-state index in [1.165, 1.54) is 6.20 Å². The Kier molecular flexibility index (Phi) is 6.53. The third kappa shape index (κ3) is 5.11. The van der Waals surface area contributed by atoms with Crippen molar-refractivity contribution >= 4 is 17.5 Å². The van der Waals surface area contributed by atoms with Gasteiger partial charge in [-0.15, -0.1) is 0 Å². The number of hydrogen-bond donors (Lipinski definition) is 1. The maximum atomic E-state index is 12.3. The molecular formula is C20H24ClN3O3. The number of halogens is 1. The van der Waals surface area contributed by atoms with Crippen LogP contribution >= 0.6 is 11.6 Å². The molecule has 6 nitrogen and oxygen atoms in total. The Morgan fingerprint density at radius 3 is 3.00 bits per heavy atom. The molecule has 1 aromatic heterocycles. The van der Waals surface area contributed by atoms with Crippen molar-refractivity contribution < 1.29 is 14.3 Å². The molecule has 7 heteroatoms. The van der Waals surface area contributed by atoms with Crippen LogP contribution in [0, 0.1) is 0 Å². The SMILES string of the molecule is CCC1CN(CCNC(=O)c2ccnc(Cl)c2)Cc2cc(OC)ccc2O1. The lowest BCUT2D eigenvalue weighted by molar-refractivity contribution is 0.0942. The minimum absolute atomic E-state index is 0.120. The van der Waals surface area contributed by atoms with E-state index in [0.717, 1.165) is 43.1 Å². The summed E-state index contributed by atoms with van der Waals surface area (Å²) in [6, 6.07) is 9.11. The molecule has 1 aliphatic rings. The average Bonchev–Trinajstić information content (AvgIpc) is 2.85. The van der Waals surface area contributed by atoms with Gasteiger partial charge in [0.1, 0.15) is 22.8 Å². The van der Waals surface area contributed by atoms with Gasteiger partial charge in [0, 0.05) is 43.5 Å². The van der Waals surface area contributed by atoms with E-state index in [-0.39, 0.29) is 12.0 Å². The summed E-state index contributed by atoms with van der Waals surface area (Å²) in [5.74, 6) is 1.57. The Labute approximate surface area is 164 Å². The molecular weight excluding hydrogens is 366 g/mol. The first kappa shape index (κ1) is 19.5. The predicted molar refractivity (Wildman–Crippen MR) is 105 cm³/mol. The number of benzene rings is 1. The van der Waals surface area contributed by atoms with Crippen molar-refractivity contribution in [3.05, 3.63) is 52.8 Å². The average molecular weight is 390 g/mol. The van der Waals surface area contributed by atoms with E-state index in [1.54, 1.807) is 19.2 Å². The highest BCUT2D eigenvalue weighted by atomic mass is 35.5. The first-order valence-electron chi connectivity index (χ1n) is 9.04. The molecule has 27 heavy (non-hydrogen) atoms. The standard InChI is InChI=1S/C20H24ClN3O3/c1-3-16-13-24(12-15-10-17(26-2)4-5-18(15)27-16)9-8-23-20(25)14-6-7-22-19(21)11-14/h4-7,10-11,16H,3,8-9,12-13H2,1-2H3,(H,23,25). The number of carbonyl (C=O) groups excluding carboxylic acids is 1. The zero-order chi connectivity index (χ0) is 19.2. The zero-order valence-electron chi connectivity index (χ0n) is 15.6. The number of amides is 1. The van der Waals surface area contributed by atoms with Crippen molar-refractivity contribution in [3.8, 4) is 11.5 Å². The molecule has 0 radical (unpaired) electrons. The van der Waals surface area contributed by atoms with Crippen LogP contribution in [0.2, 0.25) is 5.15 Å². The molecule has 144 valence electrons. The number of aromatic nitrogens is 1. The van der Waals surface area contributed by atoms with Crippen LogP contribution in [0.4, 0.5) is 0 Å². The third-order valence-electron chi connectivity index (χ3n) is 4.57. The molecule has 1 N–H and O–H groups in total. The number of hydrogen-bond acceptors (Lipinski definition) is 5. The predicted octanol–water partition coefficient (Wildman–Crippen LogP) is 3.15. The fourth-order valence-corrected chi connectivity index (χ4v) is 3.26. The summed E-state index contributed by atoms with van der Waals surface area (Å²) in [7, 11) is 1.66. The first-order valence-corrected chi connectivity index (χ1v) is 9.42. The van der Waals surface area contributed by atoms with Gasteiger partial charge in [-0.05, 0) is 36.8 Å². The van der Waals surface area contributed by atoms with Crippen LogP contribution in [-0.4, -0.2) is 48.6 Å². The van der Waals surface area contributed by atoms with E-state index in [9.17, 15) is 4.79 Å². The monoisotopic (exact) mass is 389 g/mol. The number of carbonyl (C=O) groups is 1. The number of nitrogens with one attached hydrogen (secondary N) is 1. The summed E-state index contributed by atoms with van der Waals surface area (Å²) in [6.45, 7) is 4.94. The van der Waals surface area contributed by atoms with Crippen LogP contribution in [0.25, 0.3) is 0 Å². The summed E-state index contributed by atoms with van der Waals surface area (Å²) in [5.41, 5.74) is 1.60. The number of nitrogens with zero attached hydrogens (tertiary/aromatic N) is 2. The van der Waals surface area contributed by atoms with Crippen LogP contribution in [0.1, 0.15) is 29.3 Å². The maximum Gasteiger partial charge on any atom is 0.251 e. The fraction of sp³-hybridized carbons (Fsp3) is 0.400. The fourth-order valence-electron chi connectivity index (χ4n) is 3.09. The normalized spacial score (nSPS) is 16.8. The number of fused-ring (bicyclic) bond motifs is 1. The molecule has 0 aliphatic carbocycles. The van der Waals surface area contributed by atoms with Gasteiger partial charge in [-0.1, -0.05) is 18.5 Å². The van der Waals surface area contributed by atoms with Crippen LogP contribution in [0.3, 0.4) is 0 Å². The molecule has 2 heterocycles. The van der Waals surface area contributed by atoms with Gasteiger partial charge >= 0.3 is 0 Å². The largest absolute Gasteiger partial charge is 0.497 e. The molecule has 3 rings (SSSR count). The van der Waals surface area contributed by atoms with Gasteiger partial charge in [0.25, 0.3) is 5.91 Å². The topological polar surface area (TPSA) is 63.7 Å². The van der Waals surface area contributed by atoms with E-state index in [0.29, 0.717) is 17.3 Å². The molecule has 0 saturated heterocycles. The summed E-state index contributed by atoms with van der Waals surface area (Å²) < 4.78 is 11.5. The van der Waals surface area contributed by atoms with Gasteiger partial charge in [0.05, 0.1) is 7.11 Å². The molecule has 2 aromatic rings. The Morgan fingerprint density at radius 2 is 2.26 bits per heavy atom. The third-order valence-corrected chi connectivity index (χ3v) is 4.78. The summed E-state index contributed by atoms with van der Waals surface area (Å²) in [4.78, 5) is 18.4. The zero-order valence-corrected chi connectivity index (χ0v) is 16.3. The molecule has 1 unspecified atom stereocenters. The highest BCUT2D eigenvalue weighted by Crippen LogP contribution is 2.29. The number of rotatable bonds is 6. The van der Waals surface area contributed by atoms with Crippen molar-refractivity contribution in [2.24, 2.45) is 0 Å². The molecule has 1 atom stereocenters. The molecule has 0 spiro atoms. The van der Waals surface area contributed by atoms with E-state index < -0.39 is 0 Å². The van der Waals surface area contributed by atoms with Crippen LogP contribution in [0.5, 0.6) is 11.5 Å². The Morgan fingerprint density at radius 1 is 1.41 bits per heavy atom. The number of methoxy groups -OCH3 is 1. The summed E-state index contributed by atoms with van der Waals surface area (Å²) in [5, 5.41) is 3.25. The van der Waals surface area contributed by atoms with Crippen molar-refractivity contribution in [2.45, 2.75) is 26.0 Å². The van der Waals surface area contributed by atoms with Crippen molar-refractivity contribution in [1.82, 2.24) is 15.2 Å². The Bertz CT molecular complexity index is 800. The van der Waals surface area contributed by atoms with Crippen LogP contribution < -0.4 is 14.8 Å². The van der Waals surface area contributed by atoms with E-state index in [4.69, 9.17) is 21.1 Å². The lowest BCUT2D eigenvalue weighted by Gasteiger charge is -2.23. The number of pyridine rings is 1. The van der Waals surface area contributed by atoms with Crippen molar-refractivity contribution in [2.75, 3.05) is 26.7 Å². The van der Waals surface area contributed by atoms with Crippen LogP contribution in [-0.2, 0) is 6.54 Å². The maximum absolute atomic E-state index is 12.3. The lowest BCUT2D eigenvalue weighted by Crippen LogP contribution is -2.38. The summed E-state index contributed by atoms with van der Waals surface area (Å²) in [6.07, 6.45) is 2.57. The molecule has 0 fully saturated rings. The second kappa shape index (κ2) is 9.06. The van der Waals surface area contributed by atoms with E-state index >= 15 is 0 Å². The van der Waals surface area contributed by atoms with Crippen molar-refractivity contribution in [1.29, 1.82) is 0 Å². The van der Waals surface area contributed by atoms with Crippen molar-refractivity contribution in [3.63, 3.8) is 0 Å². The van der Waals surface area contributed by atoms with Gasteiger partial charge in [0.15, 0.2) is 0 Å². The minimum Gasteiger partial charge on any atom is -0.497 e. The number of ether oxygens (including phenoxy) is 2. The summed E-state index contributed by atoms with van der Waals surface area (Å²) >= 11 is 5.84. The second-order valence-electron chi connectivity index (χ2n) is 6.48. The quantitative estimate of drug-likeness (QED) is 0.769. The van der Waals surface area contributed by atoms with Gasteiger partial charge in [0.2, 0.25) is 0 Å². The first-order chi connectivity index (χ1) is 13.1. The molecule has 0 saturated carbocycles. The van der Waals surface area contributed by atoms with Gasteiger partial charge in [-0.3, -0.25) is 9.69 Å². The smallest absolute Gasteiger partial charge is 0.251 e. The van der Waals surface area contributed by atoms with Crippen LogP contribution in [0.15, 0.2) is 36.5 Å².